The van der Waals surface area contributed by atoms with Crippen LogP contribution in [0, 0.1) is 5.92 Å². The first-order chi connectivity index (χ1) is 5.36. The number of hydrogen-bond donors (Lipinski definition) is 0. The molecule has 1 fully saturated rings. The number of halogens is 1. The first kappa shape index (κ1) is 9.34. The zero-order valence-corrected chi connectivity index (χ0v) is 8.11. The molecule has 0 aromatic heterocycles. The fourth-order valence-corrected chi connectivity index (χ4v) is 1.99. The third-order valence-electron chi connectivity index (χ3n) is 2.47. The Bertz CT molecular complexity index is 97.7. The van der Waals surface area contributed by atoms with Gasteiger partial charge in [0, 0.05) is 5.88 Å². The van der Waals surface area contributed by atoms with Gasteiger partial charge >= 0.3 is 0 Å². The molecule has 1 heterocycles. The zero-order chi connectivity index (χ0) is 8.10. The molecular weight excluding hydrogens is 158 g/mol. The van der Waals surface area contributed by atoms with Crippen molar-refractivity contribution in [2.45, 2.75) is 26.2 Å². The van der Waals surface area contributed by atoms with Gasteiger partial charge in [0.2, 0.25) is 0 Å². The SMILES string of the molecule is CCCN1CCC(CCl)CC1. The Morgan fingerprint density at radius 1 is 1.36 bits per heavy atom. The van der Waals surface area contributed by atoms with Gasteiger partial charge in [0.15, 0.2) is 0 Å². The van der Waals surface area contributed by atoms with Crippen molar-refractivity contribution in [1.29, 1.82) is 0 Å². The highest BCUT2D eigenvalue weighted by atomic mass is 35.5. The van der Waals surface area contributed by atoms with Crippen LogP contribution in [-0.2, 0) is 0 Å². The smallest absolute Gasteiger partial charge is 0.0252 e. The number of piperidine rings is 1. The normalized spacial score (nSPS) is 22.4. The number of likely N-dealkylation sites (tertiary alicyclic amines) is 1. The maximum atomic E-state index is 5.79. The third-order valence-corrected chi connectivity index (χ3v) is 2.90. The van der Waals surface area contributed by atoms with Crippen LogP contribution in [0.4, 0.5) is 0 Å². The molecule has 11 heavy (non-hydrogen) atoms. The Kier molecular flexibility index (Phi) is 4.24. The molecule has 0 aliphatic carbocycles. The molecule has 1 nitrogen and oxygen atoms in total. The van der Waals surface area contributed by atoms with Crippen molar-refractivity contribution in [3.63, 3.8) is 0 Å². The summed E-state index contributed by atoms with van der Waals surface area (Å²) in [5.41, 5.74) is 0. The van der Waals surface area contributed by atoms with Gasteiger partial charge in [-0.15, -0.1) is 11.6 Å². The third kappa shape index (κ3) is 3.00. The second-order valence-corrected chi connectivity index (χ2v) is 3.75. The molecule has 1 aliphatic rings. The van der Waals surface area contributed by atoms with Gasteiger partial charge in [-0.2, -0.15) is 0 Å². The van der Waals surface area contributed by atoms with Gasteiger partial charge in [0.1, 0.15) is 0 Å². The number of rotatable bonds is 3. The van der Waals surface area contributed by atoms with Gasteiger partial charge in [-0.25, -0.2) is 0 Å². The Hall–Kier alpha value is 0.250. The van der Waals surface area contributed by atoms with Crippen molar-refractivity contribution in [3.8, 4) is 0 Å². The molecule has 0 aromatic rings. The lowest BCUT2D eigenvalue weighted by Gasteiger charge is -2.30. The minimum absolute atomic E-state index is 0.796. The van der Waals surface area contributed by atoms with E-state index in [1.807, 2.05) is 0 Å². The lowest BCUT2D eigenvalue weighted by molar-refractivity contribution is 0.194. The highest BCUT2D eigenvalue weighted by Gasteiger charge is 2.16. The number of alkyl halides is 1. The molecule has 2 heteroatoms. The van der Waals surface area contributed by atoms with Crippen LogP contribution >= 0.6 is 11.6 Å². The van der Waals surface area contributed by atoms with E-state index in [9.17, 15) is 0 Å². The van der Waals surface area contributed by atoms with E-state index in [1.165, 1.54) is 38.9 Å². The summed E-state index contributed by atoms with van der Waals surface area (Å²) in [4.78, 5) is 2.54. The van der Waals surface area contributed by atoms with E-state index < -0.39 is 0 Å². The summed E-state index contributed by atoms with van der Waals surface area (Å²) < 4.78 is 0. The molecule has 0 amide bonds. The zero-order valence-electron chi connectivity index (χ0n) is 7.35. The van der Waals surface area contributed by atoms with Crippen molar-refractivity contribution >= 4 is 11.6 Å². The molecule has 0 bridgehead atoms. The summed E-state index contributed by atoms with van der Waals surface area (Å²) in [5.74, 6) is 1.66. The summed E-state index contributed by atoms with van der Waals surface area (Å²) in [7, 11) is 0. The first-order valence-corrected chi connectivity index (χ1v) is 5.18. The minimum atomic E-state index is 0.796. The van der Waals surface area contributed by atoms with Crippen LogP contribution in [0.25, 0.3) is 0 Å². The molecule has 0 saturated carbocycles. The summed E-state index contributed by atoms with van der Waals surface area (Å²) in [6.45, 7) is 6.05. The fourth-order valence-electron chi connectivity index (χ4n) is 1.68. The molecule has 0 spiro atoms. The Morgan fingerprint density at radius 3 is 2.45 bits per heavy atom. The van der Waals surface area contributed by atoms with Crippen LogP contribution < -0.4 is 0 Å². The summed E-state index contributed by atoms with van der Waals surface area (Å²) in [6.07, 6.45) is 3.90. The van der Waals surface area contributed by atoms with E-state index >= 15 is 0 Å². The number of hydrogen-bond acceptors (Lipinski definition) is 1. The van der Waals surface area contributed by atoms with Crippen molar-refractivity contribution < 1.29 is 0 Å². The second kappa shape index (κ2) is 5.00. The molecule has 0 atom stereocenters. The van der Waals surface area contributed by atoms with Crippen LogP contribution in [-0.4, -0.2) is 30.4 Å². The van der Waals surface area contributed by atoms with Gasteiger partial charge in [-0.1, -0.05) is 6.92 Å². The topological polar surface area (TPSA) is 3.24 Å². The molecule has 66 valence electrons. The molecule has 1 rings (SSSR count). The Labute approximate surface area is 74.7 Å². The monoisotopic (exact) mass is 175 g/mol. The predicted octanol–water partition coefficient (Wildman–Crippen LogP) is 2.35. The first-order valence-electron chi connectivity index (χ1n) is 4.65. The van der Waals surface area contributed by atoms with E-state index in [4.69, 9.17) is 11.6 Å². The van der Waals surface area contributed by atoms with Crippen molar-refractivity contribution in [3.05, 3.63) is 0 Å². The maximum Gasteiger partial charge on any atom is 0.0252 e. The molecule has 0 N–H and O–H groups in total. The van der Waals surface area contributed by atoms with E-state index in [-0.39, 0.29) is 0 Å². The molecule has 1 aliphatic heterocycles. The van der Waals surface area contributed by atoms with Crippen molar-refractivity contribution in [2.24, 2.45) is 5.92 Å². The van der Waals surface area contributed by atoms with Crippen molar-refractivity contribution in [1.82, 2.24) is 4.90 Å². The summed E-state index contributed by atoms with van der Waals surface area (Å²) in [6, 6.07) is 0. The molecule has 1 saturated heterocycles. The lowest BCUT2D eigenvalue weighted by atomic mass is 9.99. The van der Waals surface area contributed by atoms with E-state index in [0.29, 0.717) is 0 Å². The predicted molar refractivity (Wildman–Crippen MR) is 50.2 cm³/mol. The van der Waals surface area contributed by atoms with Crippen LogP contribution in [0.3, 0.4) is 0 Å². The van der Waals surface area contributed by atoms with Gasteiger partial charge in [-0.05, 0) is 44.8 Å². The molecule has 0 aromatic carbocycles. The molecule has 0 radical (unpaired) electrons. The van der Waals surface area contributed by atoms with Crippen LogP contribution in [0.2, 0.25) is 0 Å². The van der Waals surface area contributed by atoms with E-state index in [1.54, 1.807) is 0 Å². The van der Waals surface area contributed by atoms with Crippen LogP contribution in [0.15, 0.2) is 0 Å². The molecule has 0 unspecified atom stereocenters. The minimum Gasteiger partial charge on any atom is -0.303 e. The van der Waals surface area contributed by atoms with E-state index in [0.717, 1.165) is 11.8 Å². The highest BCUT2D eigenvalue weighted by Crippen LogP contribution is 2.17. The standard InChI is InChI=1S/C9H18ClN/c1-2-5-11-6-3-9(8-10)4-7-11/h9H,2-8H2,1H3. The number of nitrogens with zero attached hydrogens (tertiary/aromatic N) is 1. The van der Waals surface area contributed by atoms with Gasteiger partial charge < -0.3 is 4.90 Å². The average molecular weight is 176 g/mol. The Morgan fingerprint density at radius 2 is 2.00 bits per heavy atom. The van der Waals surface area contributed by atoms with Crippen LogP contribution in [0.1, 0.15) is 26.2 Å². The van der Waals surface area contributed by atoms with Crippen LogP contribution in [0.5, 0.6) is 0 Å². The average Bonchev–Trinajstić information content (AvgIpc) is 2.07. The fraction of sp³-hybridized carbons (Fsp3) is 1.00. The lowest BCUT2D eigenvalue weighted by Crippen LogP contribution is -2.34. The van der Waals surface area contributed by atoms with Gasteiger partial charge in [0.05, 0.1) is 0 Å². The quantitative estimate of drug-likeness (QED) is 0.596. The maximum absolute atomic E-state index is 5.79. The second-order valence-electron chi connectivity index (χ2n) is 3.44. The van der Waals surface area contributed by atoms with Gasteiger partial charge in [0.25, 0.3) is 0 Å². The van der Waals surface area contributed by atoms with Crippen molar-refractivity contribution in [2.75, 3.05) is 25.5 Å². The molecular formula is C9H18ClN. The Balaban J connectivity index is 2.14. The van der Waals surface area contributed by atoms with E-state index in [2.05, 4.69) is 11.8 Å². The van der Waals surface area contributed by atoms with Gasteiger partial charge in [-0.3, -0.25) is 0 Å². The largest absolute Gasteiger partial charge is 0.303 e. The summed E-state index contributed by atoms with van der Waals surface area (Å²) in [5, 5.41) is 0. The summed E-state index contributed by atoms with van der Waals surface area (Å²) >= 11 is 5.79. The highest BCUT2D eigenvalue weighted by molar-refractivity contribution is 6.18.